The average molecular weight is 261 g/mol. The summed E-state index contributed by atoms with van der Waals surface area (Å²) in [6, 6.07) is 4.54. The molecule has 0 fully saturated rings. The van der Waals surface area contributed by atoms with E-state index in [4.69, 9.17) is 17.3 Å². The number of non-ortho nitro benzene ring substituents is 1. The highest BCUT2D eigenvalue weighted by molar-refractivity contribution is 7.99. The van der Waals surface area contributed by atoms with Gasteiger partial charge in [0.15, 0.2) is 0 Å². The van der Waals surface area contributed by atoms with E-state index in [0.717, 1.165) is 11.3 Å². The molecule has 0 spiro atoms. The Balaban J connectivity index is 2.72. The largest absolute Gasteiger partial charge is 0.329 e. The molecule has 16 heavy (non-hydrogen) atoms. The van der Waals surface area contributed by atoms with Crippen LogP contribution in [0, 0.1) is 10.1 Å². The predicted octanol–water partition coefficient (Wildman–Crippen LogP) is 2.83. The van der Waals surface area contributed by atoms with Gasteiger partial charge in [0, 0.05) is 29.7 Å². The van der Waals surface area contributed by atoms with Gasteiger partial charge in [0.05, 0.1) is 9.95 Å². The van der Waals surface area contributed by atoms with E-state index in [9.17, 15) is 10.1 Å². The van der Waals surface area contributed by atoms with Gasteiger partial charge in [-0.05, 0) is 11.6 Å². The van der Waals surface area contributed by atoms with Crippen LogP contribution in [0.4, 0.5) is 5.69 Å². The van der Waals surface area contributed by atoms with E-state index >= 15 is 0 Å². The smallest absolute Gasteiger partial charge is 0.270 e. The molecule has 1 aromatic carbocycles. The molecule has 0 aliphatic rings. The zero-order valence-corrected chi connectivity index (χ0v) is 10.4. The highest BCUT2D eigenvalue weighted by Gasteiger charge is 2.10. The van der Waals surface area contributed by atoms with Crippen LogP contribution in [0.25, 0.3) is 0 Å². The molecule has 2 N–H and O–H groups in total. The molecule has 0 radical (unpaired) electrons. The third-order valence-electron chi connectivity index (χ3n) is 2.10. The van der Waals surface area contributed by atoms with E-state index in [0.29, 0.717) is 16.8 Å². The number of hydrogen-bond donors (Lipinski definition) is 1. The molecule has 0 aliphatic heterocycles. The van der Waals surface area contributed by atoms with E-state index < -0.39 is 4.92 Å². The van der Waals surface area contributed by atoms with E-state index in [1.54, 1.807) is 17.8 Å². The van der Waals surface area contributed by atoms with Crippen molar-refractivity contribution in [2.45, 2.75) is 17.9 Å². The first-order valence-corrected chi connectivity index (χ1v) is 6.21. The van der Waals surface area contributed by atoms with Crippen molar-refractivity contribution in [3.63, 3.8) is 0 Å². The van der Waals surface area contributed by atoms with Gasteiger partial charge in [0.25, 0.3) is 5.69 Å². The minimum absolute atomic E-state index is 0.0191. The number of halogens is 1. The molecule has 0 aromatic heterocycles. The van der Waals surface area contributed by atoms with Gasteiger partial charge in [0.1, 0.15) is 0 Å². The first-order valence-electron chi connectivity index (χ1n) is 4.79. The molecule has 6 heteroatoms. The zero-order chi connectivity index (χ0) is 12.1. The van der Waals surface area contributed by atoms with Crippen molar-refractivity contribution < 1.29 is 4.92 Å². The summed E-state index contributed by atoms with van der Waals surface area (Å²) >= 11 is 7.63. The van der Waals surface area contributed by atoms with Gasteiger partial charge in [-0.2, -0.15) is 11.8 Å². The zero-order valence-electron chi connectivity index (χ0n) is 8.85. The van der Waals surface area contributed by atoms with Crippen molar-refractivity contribution >= 4 is 29.1 Å². The number of nitro groups is 1. The highest BCUT2D eigenvalue weighted by atomic mass is 35.5. The third kappa shape index (κ3) is 3.66. The lowest BCUT2D eigenvalue weighted by Crippen LogP contribution is -2.12. The molecular weight excluding hydrogens is 248 g/mol. The maximum Gasteiger partial charge on any atom is 0.270 e. The fourth-order valence-electron chi connectivity index (χ4n) is 1.07. The normalized spacial score (nSPS) is 12.4. The molecular formula is C10H13ClN2O2S. The number of thioether (sulfide) groups is 1. The van der Waals surface area contributed by atoms with Gasteiger partial charge in [-0.1, -0.05) is 18.5 Å². The van der Waals surface area contributed by atoms with Crippen LogP contribution in [0.5, 0.6) is 0 Å². The average Bonchev–Trinajstić information content (AvgIpc) is 2.26. The SMILES string of the molecule is CC(CN)SCc1ccc([N+](=O)[O-])cc1Cl. The van der Waals surface area contributed by atoms with Crippen LogP contribution in [0.15, 0.2) is 18.2 Å². The molecule has 0 bridgehead atoms. The maximum absolute atomic E-state index is 10.5. The van der Waals surface area contributed by atoms with Crippen LogP contribution in [0.1, 0.15) is 12.5 Å². The number of nitrogens with zero attached hydrogens (tertiary/aromatic N) is 1. The topological polar surface area (TPSA) is 69.2 Å². The number of nitrogens with two attached hydrogens (primary N) is 1. The molecule has 0 saturated heterocycles. The Hall–Kier alpha value is -0.780. The van der Waals surface area contributed by atoms with Crippen LogP contribution in [0.2, 0.25) is 5.02 Å². The minimum atomic E-state index is -0.453. The van der Waals surface area contributed by atoms with Crippen molar-refractivity contribution in [2.75, 3.05) is 6.54 Å². The van der Waals surface area contributed by atoms with E-state index in [1.807, 2.05) is 6.92 Å². The monoisotopic (exact) mass is 260 g/mol. The summed E-state index contributed by atoms with van der Waals surface area (Å²) in [4.78, 5) is 10.0. The van der Waals surface area contributed by atoms with Crippen molar-refractivity contribution in [2.24, 2.45) is 5.73 Å². The Kier molecular flexibility index (Phi) is 5.05. The quantitative estimate of drug-likeness (QED) is 0.653. The number of benzene rings is 1. The fourth-order valence-corrected chi connectivity index (χ4v) is 2.24. The Morgan fingerprint density at radius 2 is 2.31 bits per heavy atom. The summed E-state index contributed by atoms with van der Waals surface area (Å²) in [5, 5.41) is 11.3. The van der Waals surface area contributed by atoms with E-state index in [-0.39, 0.29) is 5.69 Å². The van der Waals surface area contributed by atoms with Gasteiger partial charge in [-0.25, -0.2) is 0 Å². The number of nitro benzene ring substituents is 1. The maximum atomic E-state index is 10.5. The van der Waals surface area contributed by atoms with Crippen LogP contribution in [0.3, 0.4) is 0 Å². The third-order valence-corrected chi connectivity index (χ3v) is 3.69. The second kappa shape index (κ2) is 6.08. The summed E-state index contributed by atoms with van der Waals surface area (Å²) < 4.78 is 0. The molecule has 88 valence electrons. The Labute approximate surface area is 103 Å². The molecule has 4 nitrogen and oxygen atoms in total. The van der Waals surface area contributed by atoms with E-state index in [2.05, 4.69) is 0 Å². The molecule has 1 atom stereocenters. The summed E-state index contributed by atoms with van der Waals surface area (Å²) in [6.45, 7) is 2.64. The first-order chi connectivity index (χ1) is 7.54. The highest BCUT2D eigenvalue weighted by Crippen LogP contribution is 2.27. The molecule has 1 aromatic rings. The van der Waals surface area contributed by atoms with E-state index in [1.165, 1.54) is 12.1 Å². The van der Waals surface area contributed by atoms with Gasteiger partial charge in [-0.15, -0.1) is 0 Å². The molecule has 0 heterocycles. The Morgan fingerprint density at radius 1 is 1.62 bits per heavy atom. The van der Waals surface area contributed by atoms with Gasteiger partial charge in [0.2, 0.25) is 0 Å². The second-order valence-electron chi connectivity index (χ2n) is 3.39. The first kappa shape index (κ1) is 13.3. The molecule has 0 amide bonds. The fraction of sp³-hybridized carbons (Fsp3) is 0.400. The van der Waals surface area contributed by atoms with Crippen LogP contribution in [-0.4, -0.2) is 16.7 Å². The van der Waals surface area contributed by atoms with Crippen LogP contribution < -0.4 is 5.73 Å². The van der Waals surface area contributed by atoms with Gasteiger partial charge < -0.3 is 5.73 Å². The van der Waals surface area contributed by atoms with Crippen LogP contribution >= 0.6 is 23.4 Å². The lowest BCUT2D eigenvalue weighted by molar-refractivity contribution is -0.384. The molecule has 1 unspecified atom stereocenters. The van der Waals surface area contributed by atoms with Gasteiger partial charge >= 0.3 is 0 Å². The molecule has 0 aliphatic carbocycles. The predicted molar refractivity (Wildman–Crippen MR) is 67.9 cm³/mol. The number of rotatable bonds is 5. The van der Waals surface area contributed by atoms with Crippen molar-refractivity contribution in [1.29, 1.82) is 0 Å². The van der Waals surface area contributed by atoms with Crippen LogP contribution in [-0.2, 0) is 5.75 Å². The summed E-state index contributed by atoms with van der Waals surface area (Å²) in [5.74, 6) is 0.717. The second-order valence-corrected chi connectivity index (χ2v) is 5.22. The Morgan fingerprint density at radius 3 is 2.81 bits per heavy atom. The van der Waals surface area contributed by atoms with Crippen molar-refractivity contribution in [3.8, 4) is 0 Å². The van der Waals surface area contributed by atoms with Crippen molar-refractivity contribution in [1.82, 2.24) is 0 Å². The van der Waals surface area contributed by atoms with Gasteiger partial charge in [-0.3, -0.25) is 10.1 Å². The standard InChI is InChI=1S/C10H13ClN2O2S/c1-7(5-12)16-6-8-2-3-9(13(14)15)4-10(8)11/h2-4,7H,5-6,12H2,1H3. The summed E-state index contributed by atoms with van der Waals surface area (Å²) in [7, 11) is 0. The summed E-state index contributed by atoms with van der Waals surface area (Å²) in [6.07, 6.45) is 0. The number of hydrogen-bond acceptors (Lipinski definition) is 4. The lowest BCUT2D eigenvalue weighted by Gasteiger charge is -2.08. The lowest BCUT2D eigenvalue weighted by atomic mass is 10.2. The summed E-state index contributed by atoms with van der Waals surface area (Å²) in [5.41, 5.74) is 6.41. The molecule has 0 saturated carbocycles. The minimum Gasteiger partial charge on any atom is -0.329 e. The Bertz CT molecular complexity index is 387. The van der Waals surface area contributed by atoms with Crippen molar-refractivity contribution in [3.05, 3.63) is 38.9 Å². The molecule has 1 rings (SSSR count).